The van der Waals surface area contributed by atoms with Crippen LogP contribution in [0.4, 0.5) is 0 Å². The summed E-state index contributed by atoms with van der Waals surface area (Å²) in [7, 11) is 0. The summed E-state index contributed by atoms with van der Waals surface area (Å²) in [5.74, 6) is 0.575. The quantitative estimate of drug-likeness (QED) is 0.721. The van der Waals surface area contributed by atoms with E-state index in [0.717, 1.165) is 0 Å². The molecule has 0 aliphatic carbocycles. The number of nitrogens with zero attached hydrogens (tertiary/aromatic N) is 1. The van der Waals surface area contributed by atoms with Crippen LogP contribution in [0.2, 0.25) is 0 Å². The van der Waals surface area contributed by atoms with Gasteiger partial charge in [0.1, 0.15) is 0 Å². The molecule has 0 saturated carbocycles. The number of hydrogen-bond acceptors (Lipinski definition) is 1. The zero-order valence-electron chi connectivity index (χ0n) is 9.57. The van der Waals surface area contributed by atoms with E-state index in [1.165, 1.54) is 16.3 Å². The van der Waals surface area contributed by atoms with Crippen LogP contribution >= 0.6 is 0 Å². The summed E-state index contributed by atoms with van der Waals surface area (Å²) >= 11 is 0. The minimum Gasteiger partial charge on any atom is -0.358 e. The Bertz CT molecular complexity index is 418. The topological polar surface area (TPSA) is 12.9 Å². The molecule has 0 unspecified atom stereocenters. The summed E-state index contributed by atoms with van der Waals surface area (Å²) in [5, 5.41) is 2.56. The van der Waals surface area contributed by atoms with E-state index in [9.17, 15) is 0 Å². The van der Waals surface area contributed by atoms with Gasteiger partial charge in [0.25, 0.3) is 0 Å². The molecule has 15 heavy (non-hydrogen) atoms. The van der Waals surface area contributed by atoms with Gasteiger partial charge in [-0.1, -0.05) is 32.0 Å². The Labute approximate surface area is 117 Å². The third-order valence-electron chi connectivity index (χ3n) is 2.34. The van der Waals surface area contributed by atoms with E-state index in [0.29, 0.717) is 5.92 Å². The molecular formula is C13H16NY-. The monoisotopic (exact) mass is 275 g/mol. The molecule has 77 valence electrons. The third kappa shape index (κ3) is 3.09. The van der Waals surface area contributed by atoms with Crippen molar-refractivity contribution < 1.29 is 32.7 Å². The van der Waals surface area contributed by atoms with Crippen LogP contribution < -0.4 is 0 Å². The van der Waals surface area contributed by atoms with Crippen molar-refractivity contribution in [3.05, 3.63) is 49.6 Å². The smallest absolute Gasteiger partial charge is 0.0346 e. The van der Waals surface area contributed by atoms with Gasteiger partial charge in [0.05, 0.1) is 0 Å². The van der Waals surface area contributed by atoms with Crippen LogP contribution in [0.15, 0.2) is 36.7 Å². The zero-order chi connectivity index (χ0) is 9.26. The molecular weight excluding hydrogens is 259 g/mol. The van der Waals surface area contributed by atoms with Gasteiger partial charge >= 0.3 is 0 Å². The van der Waals surface area contributed by atoms with Crippen molar-refractivity contribution in [2.75, 3.05) is 0 Å². The zero-order valence-corrected chi connectivity index (χ0v) is 12.4. The predicted octanol–water partition coefficient (Wildman–Crippen LogP) is 3.81. The molecule has 1 radical (unpaired) electrons. The molecule has 1 aromatic carbocycles. The number of hydrogen-bond donors (Lipinski definition) is 0. The van der Waals surface area contributed by atoms with Crippen molar-refractivity contribution in [2.24, 2.45) is 0 Å². The Kier molecular flexibility index (Phi) is 6.23. The van der Waals surface area contributed by atoms with Crippen LogP contribution in [0.25, 0.3) is 10.8 Å². The second-order valence-electron chi connectivity index (χ2n) is 3.60. The third-order valence-corrected chi connectivity index (χ3v) is 2.34. The fraction of sp³-hybridized carbons (Fsp3) is 0.231. The Morgan fingerprint density at radius 3 is 2.53 bits per heavy atom. The first-order chi connectivity index (χ1) is 6.29. The summed E-state index contributed by atoms with van der Waals surface area (Å²) in [5.41, 5.74) is 1.40. The molecule has 0 saturated heterocycles. The molecule has 0 atom stereocenters. The van der Waals surface area contributed by atoms with E-state index in [2.05, 4.69) is 43.1 Å². The molecule has 2 heteroatoms. The van der Waals surface area contributed by atoms with Crippen molar-refractivity contribution in [1.82, 2.24) is 4.98 Å². The van der Waals surface area contributed by atoms with Gasteiger partial charge < -0.3 is 7.43 Å². The predicted molar refractivity (Wildman–Crippen MR) is 62.2 cm³/mol. The van der Waals surface area contributed by atoms with Crippen molar-refractivity contribution in [3.8, 4) is 0 Å². The molecule has 0 spiro atoms. The van der Waals surface area contributed by atoms with E-state index in [1.54, 1.807) is 0 Å². The van der Waals surface area contributed by atoms with Gasteiger partial charge in [0.15, 0.2) is 0 Å². The summed E-state index contributed by atoms with van der Waals surface area (Å²) < 4.78 is 0. The van der Waals surface area contributed by atoms with Gasteiger partial charge in [0.2, 0.25) is 0 Å². The Morgan fingerprint density at radius 2 is 1.87 bits per heavy atom. The minimum absolute atomic E-state index is 0. The molecule has 1 nitrogen and oxygen atoms in total. The van der Waals surface area contributed by atoms with Gasteiger partial charge in [0, 0.05) is 50.5 Å². The van der Waals surface area contributed by atoms with Gasteiger partial charge in [-0.25, -0.2) is 0 Å². The fourth-order valence-electron chi connectivity index (χ4n) is 1.65. The maximum atomic E-state index is 4.11. The van der Waals surface area contributed by atoms with Gasteiger partial charge in [-0.05, 0) is 22.9 Å². The van der Waals surface area contributed by atoms with Crippen LogP contribution in [0, 0.1) is 7.43 Å². The summed E-state index contributed by atoms with van der Waals surface area (Å²) in [6.45, 7) is 4.43. The normalized spacial score (nSPS) is 9.53. The largest absolute Gasteiger partial charge is 0.358 e. The molecule has 0 bridgehead atoms. The Balaban J connectivity index is 0.000000980. The molecule has 1 aromatic heterocycles. The first-order valence-corrected chi connectivity index (χ1v) is 4.61. The molecule has 0 N–H and O–H groups in total. The van der Waals surface area contributed by atoms with Crippen molar-refractivity contribution in [3.63, 3.8) is 0 Å². The van der Waals surface area contributed by atoms with E-state index in [1.807, 2.05) is 12.4 Å². The average Bonchev–Trinajstić information content (AvgIpc) is 2.17. The minimum atomic E-state index is 0. The number of benzene rings is 1. The van der Waals surface area contributed by atoms with Crippen LogP contribution in [0.1, 0.15) is 25.3 Å². The fourth-order valence-corrected chi connectivity index (χ4v) is 1.65. The summed E-state index contributed by atoms with van der Waals surface area (Å²) in [4.78, 5) is 4.11. The molecule has 2 aromatic rings. The van der Waals surface area contributed by atoms with Gasteiger partial charge in [-0.3, -0.25) is 4.98 Å². The van der Waals surface area contributed by atoms with Crippen LogP contribution in [0.5, 0.6) is 0 Å². The van der Waals surface area contributed by atoms with Crippen molar-refractivity contribution in [2.45, 2.75) is 19.8 Å². The average molecular weight is 275 g/mol. The van der Waals surface area contributed by atoms with Gasteiger partial charge in [-0.2, -0.15) is 0 Å². The molecule has 0 aliphatic heterocycles. The molecule has 1 heterocycles. The SMILES string of the molecule is CC(C)c1cccc2cnccc12.[CH3-].[Y]. The van der Waals surface area contributed by atoms with Crippen LogP contribution in [-0.4, -0.2) is 4.98 Å². The van der Waals surface area contributed by atoms with E-state index in [4.69, 9.17) is 0 Å². The van der Waals surface area contributed by atoms with Crippen LogP contribution in [0.3, 0.4) is 0 Å². The summed E-state index contributed by atoms with van der Waals surface area (Å²) in [6, 6.07) is 8.48. The number of pyridine rings is 1. The molecule has 0 aliphatic rings. The van der Waals surface area contributed by atoms with Crippen molar-refractivity contribution >= 4 is 10.8 Å². The Hall–Kier alpha value is -0.266. The number of rotatable bonds is 1. The maximum Gasteiger partial charge on any atom is 0.0346 e. The van der Waals surface area contributed by atoms with Crippen molar-refractivity contribution in [1.29, 1.82) is 0 Å². The van der Waals surface area contributed by atoms with E-state index in [-0.39, 0.29) is 40.1 Å². The Morgan fingerprint density at radius 1 is 1.13 bits per heavy atom. The summed E-state index contributed by atoms with van der Waals surface area (Å²) in [6.07, 6.45) is 3.77. The standard InChI is InChI=1S/C12H13N.CH3.Y/c1-9(2)11-5-3-4-10-8-13-7-6-12(10)11;;/h3-9H,1-2H3;1H3;/q;-1;. The first kappa shape index (κ1) is 14.7. The van der Waals surface area contributed by atoms with Gasteiger partial charge in [-0.15, -0.1) is 0 Å². The van der Waals surface area contributed by atoms with E-state index >= 15 is 0 Å². The second-order valence-corrected chi connectivity index (χ2v) is 3.60. The second kappa shape index (κ2) is 6.35. The number of fused-ring (bicyclic) bond motifs is 1. The maximum absolute atomic E-state index is 4.11. The molecule has 0 amide bonds. The molecule has 2 rings (SSSR count). The van der Waals surface area contributed by atoms with Crippen LogP contribution in [-0.2, 0) is 32.7 Å². The first-order valence-electron chi connectivity index (χ1n) is 4.61. The van der Waals surface area contributed by atoms with E-state index < -0.39 is 0 Å². The number of aromatic nitrogens is 1. The molecule has 0 fully saturated rings.